The number of aromatic nitrogens is 1. The van der Waals surface area contributed by atoms with Gasteiger partial charge in [0.25, 0.3) is 0 Å². The first-order valence-corrected chi connectivity index (χ1v) is 13.5. The number of alkyl halides is 3. The summed E-state index contributed by atoms with van der Waals surface area (Å²) in [6, 6.07) is 18.3. The Labute approximate surface area is 243 Å². The Morgan fingerprint density at radius 2 is 1.62 bits per heavy atom. The molecule has 1 N–H and O–H groups in total. The summed E-state index contributed by atoms with van der Waals surface area (Å²) in [7, 11) is 1.68. The summed E-state index contributed by atoms with van der Waals surface area (Å²) < 4.78 is 54.0. The van der Waals surface area contributed by atoms with Gasteiger partial charge in [0.2, 0.25) is 0 Å². The number of benzene rings is 3. The molecule has 3 aromatic carbocycles. The van der Waals surface area contributed by atoms with Gasteiger partial charge in [-0.25, -0.2) is 4.79 Å². The SMILES string of the molecule is CC.CCC(Oc1cccc(-n2c(C)c(C=O)c3ccc(OC(F)(F)F)cc32)c1)C(=O)O.CCc1ccc(OC)cc1. The molecule has 0 saturated carbocycles. The van der Waals surface area contributed by atoms with E-state index in [1.54, 1.807) is 49.8 Å². The first-order chi connectivity index (χ1) is 20.0. The van der Waals surface area contributed by atoms with Crippen molar-refractivity contribution in [3.8, 4) is 22.9 Å². The third-order valence-electron chi connectivity index (χ3n) is 6.14. The molecule has 0 amide bonds. The van der Waals surface area contributed by atoms with Gasteiger partial charge in [0, 0.05) is 34.5 Å². The predicted octanol–water partition coefficient (Wildman–Crippen LogP) is 8.18. The van der Waals surface area contributed by atoms with Gasteiger partial charge in [0.05, 0.1) is 12.6 Å². The molecule has 0 saturated heterocycles. The maximum absolute atomic E-state index is 12.6. The van der Waals surface area contributed by atoms with Gasteiger partial charge >= 0.3 is 12.3 Å². The molecule has 0 radical (unpaired) electrons. The van der Waals surface area contributed by atoms with Crippen molar-refractivity contribution < 1.29 is 42.1 Å². The second-order valence-corrected chi connectivity index (χ2v) is 8.73. The highest BCUT2D eigenvalue weighted by atomic mass is 19.4. The fourth-order valence-corrected chi connectivity index (χ4v) is 4.13. The highest BCUT2D eigenvalue weighted by molar-refractivity contribution is 6.00. The molecule has 1 aromatic heterocycles. The molecule has 1 heterocycles. The number of hydrogen-bond acceptors (Lipinski definition) is 5. The Morgan fingerprint density at radius 3 is 2.14 bits per heavy atom. The molecule has 0 aliphatic rings. The highest BCUT2D eigenvalue weighted by Crippen LogP contribution is 2.34. The van der Waals surface area contributed by atoms with Crippen LogP contribution in [0.2, 0.25) is 0 Å². The Hall–Kier alpha value is -4.47. The van der Waals surface area contributed by atoms with Gasteiger partial charge in [-0.15, -0.1) is 13.2 Å². The number of carbonyl (C=O) groups is 2. The van der Waals surface area contributed by atoms with Crippen molar-refractivity contribution in [1.82, 2.24) is 4.57 Å². The number of hydrogen-bond donors (Lipinski definition) is 1. The zero-order chi connectivity index (χ0) is 31.4. The lowest BCUT2D eigenvalue weighted by molar-refractivity contribution is -0.274. The van der Waals surface area contributed by atoms with Crippen molar-refractivity contribution in [1.29, 1.82) is 0 Å². The molecule has 4 aromatic rings. The van der Waals surface area contributed by atoms with Crippen molar-refractivity contribution in [3.05, 3.63) is 83.6 Å². The van der Waals surface area contributed by atoms with Gasteiger partial charge in [-0.1, -0.05) is 45.9 Å². The molecule has 0 fully saturated rings. The molecule has 7 nitrogen and oxygen atoms in total. The summed E-state index contributed by atoms with van der Waals surface area (Å²) in [5.41, 5.74) is 3.01. The number of aliphatic carboxylic acids is 1. The second-order valence-electron chi connectivity index (χ2n) is 8.73. The average Bonchev–Trinajstić information content (AvgIpc) is 3.26. The number of carboxylic acids is 1. The summed E-state index contributed by atoms with van der Waals surface area (Å²) in [6.45, 7) is 9.47. The third kappa shape index (κ3) is 8.76. The van der Waals surface area contributed by atoms with Gasteiger partial charge in [0.1, 0.15) is 17.2 Å². The van der Waals surface area contributed by atoms with E-state index in [0.717, 1.165) is 18.2 Å². The van der Waals surface area contributed by atoms with Crippen LogP contribution in [0.1, 0.15) is 55.7 Å². The Bertz CT molecular complexity index is 1440. The molecule has 0 spiro atoms. The van der Waals surface area contributed by atoms with Crippen LogP contribution in [0.25, 0.3) is 16.6 Å². The lowest BCUT2D eigenvalue weighted by Gasteiger charge is -2.15. The van der Waals surface area contributed by atoms with Gasteiger partial charge < -0.3 is 23.9 Å². The Balaban J connectivity index is 0.000000431. The number of halogens is 3. The Kier molecular flexibility index (Phi) is 12.5. The number of nitrogens with zero attached hydrogens (tertiary/aromatic N) is 1. The van der Waals surface area contributed by atoms with Crippen molar-refractivity contribution in [2.75, 3.05) is 7.11 Å². The van der Waals surface area contributed by atoms with Gasteiger partial charge in [-0.3, -0.25) is 4.79 Å². The molecule has 42 heavy (non-hydrogen) atoms. The van der Waals surface area contributed by atoms with Crippen LogP contribution in [-0.4, -0.2) is 41.5 Å². The standard InChI is InChI=1S/C21H18F3NO5.C9H12O.C2H6/c1-3-19(20(27)28)29-14-6-4-5-13(9-14)25-12(2)17(11-26)16-8-7-15(10-18(16)25)30-21(22,23)24;1-3-8-4-6-9(10-2)7-5-8;1-2/h4-11,19H,3H2,1-2H3,(H,27,28);4-7H,3H2,1-2H3;1-2H3. The molecule has 1 atom stereocenters. The summed E-state index contributed by atoms with van der Waals surface area (Å²) in [6.07, 6.45) is -3.92. The summed E-state index contributed by atoms with van der Waals surface area (Å²) in [5, 5.41) is 9.65. The number of methoxy groups -OCH3 is 1. The number of carboxylic acid groups (broad SMARTS) is 1. The average molecular weight is 588 g/mol. The Morgan fingerprint density at radius 1 is 0.976 bits per heavy atom. The summed E-state index contributed by atoms with van der Waals surface area (Å²) in [4.78, 5) is 22.8. The fourth-order valence-electron chi connectivity index (χ4n) is 4.13. The lowest BCUT2D eigenvalue weighted by Crippen LogP contribution is -2.25. The molecule has 4 rings (SSSR count). The minimum atomic E-state index is -4.85. The smallest absolute Gasteiger partial charge is 0.497 e. The molecule has 10 heteroatoms. The molecule has 0 aliphatic carbocycles. The van der Waals surface area contributed by atoms with E-state index in [9.17, 15) is 27.9 Å². The van der Waals surface area contributed by atoms with Crippen molar-refractivity contribution in [3.63, 3.8) is 0 Å². The van der Waals surface area contributed by atoms with E-state index < -0.39 is 24.2 Å². The zero-order valence-electron chi connectivity index (χ0n) is 24.5. The predicted molar refractivity (Wildman–Crippen MR) is 156 cm³/mol. The number of ether oxygens (including phenoxy) is 3. The highest BCUT2D eigenvalue weighted by Gasteiger charge is 2.31. The van der Waals surface area contributed by atoms with Crippen LogP contribution < -0.4 is 14.2 Å². The third-order valence-corrected chi connectivity index (χ3v) is 6.14. The van der Waals surface area contributed by atoms with Crippen LogP contribution >= 0.6 is 0 Å². The van der Waals surface area contributed by atoms with Crippen molar-refractivity contribution in [2.45, 2.75) is 59.9 Å². The molecule has 0 bridgehead atoms. The van der Waals surface area contributed by atoms with E-state index >= 15 is 0 Å². The maximum Gasteiger partial charge on any atom is 0.573 e. The maximum atomic E-state index is 12.6. The van der Waals surface area contributed by atoms with Gasteiger partial charge in [-0.05, 0) is 61.7 Å². The minimum Gasteiger partial charge on any atom is -0.497 e. The van der Waals surface area contributed by atoms with E-state index in [4.69, 9.17) is 9.47 Å². The van der Waals surface area contributed by atoms with Crippen molar-refractivity contribution >= 4 is 23.2 Å². The molecule has 1 unspecified atom stereocenters. The monoisotopic (exact) mass is 587 g/mol. The number of aldehydes is 1. The first-order valence-electron chi connectivity index (χ1n) is 13.5. The largest absolute Gasteiger partial charge is 0.573 e. The first kappa shape index (κ1) is 33.7. The number of aryl methyl sites for hydroxylation is 1. The van der Waals surface area contributed by atoms with Crippen molar-refractivity contribution in [2.24, 2.45) is 0 Å². The number of rotatable bonds is 9. The van der Waals surface area contributed by atoms with Crippen LogP contribution in [0.15, 0.2) is 66.7 Å². The topological polar surface area (TPSA) is 87.0 Å². The number of fused-ring (bicyclic) bond motifs is 1. The van der Waals surface area contributed by atoms with E-state index in [1.165, 1.54) is 17.7 Å². The molecular weight excluding hydrogens is 551 g/mol. The fraction of sp³-hybridized carbons (Fsp3) is 0.312. The lowest BCUT2D eigenvalue weighted by atomic mass is 10.1. The van der Waals surface area contributed by atoms with E-state index in [1.807, 2.05) is 26.0 Å². The van der Waals surface area contributed by atoms with Gasteiger partial charge in [0.15, 0.2) is 12.4 Å². The van der Waals surface area contributed by atoms with E-state index in [-0.39, 0.29) is 12.2 Å². The van der Waals surface area contributed by atoms with E-state index in [2.05, 4.69) is 23.8 Å². The molecule has 0 aliphatic heterocycles. The quantitative estimate of drug-likeness (QED) is 0.199. The minimum absolute atomic E-state index is 0.248. The summed E-state index contributed by atoms with van der Waals surface area (Å²) >= 11 is 0. The van der Waals surface area contributed by atoms with Crippen LogP contribution in [0, 0.1) is 6.92 Å². The molecular formula is C32H36F3NO6. The molecule has 226 valence electrons. The van der Waals surface area contributed by atoms with Crippen LogP contribution in [0.5, 0.6) is 17.2 Å². The van der Waals surface area contributed by atoms with Gasteiger partial charge in [-0.2, -0.15) is 0 Å². The van der Waals surface area contributed by atoms with Crippen LogP contribution in [0.4, 0.5) is 13.2 Å². The summed E-state index contributed by atoms with van der Waals surface area (Å²) in [5.74, 6) is -0.325. The normalized spacial score (nSPS) is 11.4. The zero-order valence-corrected chi connectivity index (χ0v) is 24.5. The number of carbonyl (C=O) groups excluding carboxylic acids is 1. The van der Waals surface area contributed by atoms with E-state index in [0.29, 0.717) is 34.1 Å². The van der Waals surface area contributed by atoms with Crippen LogP contribution in [0.3, 0.4) is 0 Å². The van der Waals surface area contributed by atoms with Crippen LogP contribution in [-0.2, 0) is 11.2 Å². The second kappa shape index (κ2) is 15.5.